The number of hydrogen-bond donors (Lipinski definition) is 0. The van der Waals surface area contributed by atoms with Gasteiger partial charge in [0, 0.05) is 7.11 Å². The number of halogens is 1. The van der Waals surface area contributed by atoms with E-state index in [4.69, 9.17) is 5.26 Å². The van der Waals surface area contributed by atoms with E-state index in [-0.39, 0.29) is 6.61 Å². The summed E-state index contributed by atoms with van der Waals surface area (Å²) in [5.41, 5.74) is 0. The summed E-state index contributed by atoms with van der Waals surface area (Å²) < 4.78 is 15.3. The molecule has 0 N–H and O–H groups in total. The van der Waals surface area contributed by atoms with Crippen LogP contribution in [0.15, 0.2) is 0 Å². The Morgan fingerprint density at radius 3 is 2.62 bits per heavy atom. The first kappa shape index (κ1) is 7.34. The van der Waals surface area contributed by atoms with Crippen LogP contribution in [0.1, 0.15) is 0 Å². The zero-order chi connectivity index (χ0) is 6.41. The Morgan fingerprint density at radius 2 is 2.50 bits per heavy atom. The molecule has 0 aromatic heterocycles. The number of nitriles is 1. The Labute approximate surface area is 46.5 Å². The molecular formula is C4H6FNO2. The first-order valence-corrected chi connectivity index (χ1v) is 2.01. The lowest BCUT2D eigenvalue weighted by Gasteiger charge is -1.99. The van der Waals surface area contributed by atoms with Crippen LogP contribution < -0.4 is 0 Å². The Morgan fingerprint density at radius 1 is 1.88 bits per heavy atom. The SMILES string of the molecule is COC(C#N)COF. The zero-order valence-corrected chi connectivity index (χ0v) is 4.43. The van der Waals surface area contributed by atoms with Crippen molar-refractivity contribution >= 4 is 0 Å². The van der Waals surface area contributed by atoms with Gasteiger partial charge in [0.15, 0.2) is 6.10 Å². The molecule has 46 valence electrons. The predicted octanol–water partition coefficient (Wildman–Crippen LogP) is 0.426. The molecular weight excluding hydrogens is 113 g/mol. The van der Waals surface area contributed by atoms with Crippen LogP contribution in [-0.2, 0) is 9.68 Å². The summed E-state index contributed by atoms with van der Waals surface area (Å²) in [5, 5.41) is 8.04. The maximum Gasteiger partial charge on any atom is 0.170 e. The maximum absolute atomic E-state index is 10.9. The summed E-state index contributed by atoms with van der Waals surface area (Å²) in [5.74, 6) is 0. The van der Waals surface area contributed by atoms with Gasteiger partial charge in [-0.3, -0.25) is 0 Å². The van der Waals surface area contributed by atoms with Crippen molar-refractivity contribution < 1.29 is 14.2 Å². The molecule has 1 unspecified atom stereocenters. The van der Waals surface area contributed by atoms with Crippen molar-refractivity contribution in [2.24, 2.45) is 0 Å². The average Bonchev–Trinajstić information content (AvgIpc) is 1.83. The van der Waals surface area contributed by atoms with Crippen LogP contribution in [0.25, 0.3) is 0 Å². The molecule has 0 spiro atoms. The molecule has 0 radical (unpaired) electrons. The van der Waals surface area contributed by atoms with Crippen molar-refractivity contribution in [1.82, 2.24) is 0 Å². The van der Waals surface area contributed by atoms with E-state index in [1.54, 1.807) is 6.07 Å². The second-order valence-electron chi connectivity index (χ2n) is 1.13. The van der Waals surface area contributed by atoms with E-state index in [0.717, 1.165) is 0 Å². The summed E-state index contributed by atoms with van der Waals surface area (Å²) in [6, 6.07) is 1.67. The highest BCUT2D eigenvalue weighted by Gasteiger charge is 2.03. The van der Waals surface area contributed by atoms with Gasteiger partial charge < -0.3 is 4.74 Å². The van der Waals surface area contributed by atoms with Crippen molar-refractivity contribution in [2.75, 3.05) is 13.7 Å². The minimum atomic E-state index is -0.792. The molecule has 0 aromatic rings. The third-order valence-electron chi connectivity index (χ3n) is 0.643. The second kappa shape index (κ2) is 4.50. The van der Waals surface area contributed by atoms with Gasteiger partial charge in [-0.15, -0.1) is 0 Å². The predicted molar refractivity (Wildman–Crippen MR) is 23.5 cm³/mol. The molecule has 0 aliphatic heterocycles. The molecule has 8 heavy (non-hydrogen) atoms. The van der Waals surface area contributed by atoms with E-state index in [0.29, 0.717) is 0 Å². The van der Waals surface area contributed by atoms with Crippen LogP contribution in [0.2, 0.25) is 0 Å². The van der Waals surface area contributed by atoms with Crippen LogP contribution in [0.4, 0.5) is 4.53 Å². The number of rotatable bonds is 3. The smallest absolute Gasteiger partial charge is 0.170 e. The largest absolute Gasteiger partial charge is 0.364 e. The van der Waals surface area contributed by atoms with Crippen molar-refractivity contribution in [3.63, 3.8) is 0 Å². The molecule has 0 fully saturated rings. The summed E-state index contributed by atoms with van der Waals surface area (Å²) in [6.07, 6.45) is -0.792. The molecule has 1 atom stereocenters. The van der Waals surface area contributed by atoms with Crippen LogP contribution >= 0.6 is 0 Å². The quantitative estimate of drug-likeness (QED) is 0.540. The van der Waals surface area contributed by atoms with Crippen LogP contribution in [0.3, 0.4) is 0 Å². The number of nitrogens with zero attached hydrogens (tertiary/aromatic N) is 1. The minimum absolute atomic E-state index is 0.326. The molecule has 4 heteroatoms. The first-order chi connectivity index (χ1) is 3.85. The van der Waals surface area contributed by atoms with Gasteiger partial charge >= 0.3 is 0 Å². The number of hydrogen-bond acceptors (Lipinski definition) is 3. The van der Waals surface area contributed by atoms with Crippen molar-refractivity contribution in [1.29, 1.82) is 5.26 Å². The topological polar surface area (TPSA) is 42.2 Å². The van der Waals surface area contributed by atoms with Gasteiger partial charge in [-0.05, 0) is 4.53 Å². The van der Waals surface area contributed by atoms with Gasteiger partial charge in [-0.2, -0.15) is 10.2 Å². The third kappa shape index (κ3) is 2.50. The van der Waals surface area contributed by atoms with Crippen molar-refractivity contribution in [2.45, 2.75) is 6.10 Å². The fraction of sp³-hybridized carbons (Fsp3) is 0.750. The molecule has 0 rings (SSSR count). The van der Waals surface area contributed by atoms with E-state index in [1.807, 2.05) is 0 Å². The van der Waals surface area contributed by atoms with Crippen LogP contribution in [0, 0.1) is 11.3 Å². The van der Waals surface area contributed by atoms with Crippen LogP contribution in [-0.4, -0.2) is 19.8 Å². The molecule has 0 aromatic carbocycles. The molecule has 0 amide bonds. The minimum Gasteiger partial charge on any atom is -0.364 e. The monoisotopic (exact) mass is 119 g/mol. The van der Waals surface area contributed by atoms with Gasteiger partial charge in [-0.1, -0.05) is 0 Å². The van der Waals surface area contributed by atoms with Gasteiger partial charge in [0.1, 0.15) is 6.61 Å². The van der Waals surface area contributed by atoms with Crippen LogP contribution in [0.5, 0.6) is 0 Å². The zero-order valence-electron chi connectivity index (χ0n) is 4.43. The third-order valence-corrected chi connectivity index (χ3v) is 0.643. The molecule has 0 saturated heterocycles. The second-order valence-corrected chi connectivity index (χ2v) is 1.13. The number of ether oxygens (including phenoxy) is 1. The summed E-state index contributed by atoms with van der Waals surface area (Å²) in [6.45, 7) is -0.326. The molecule has 0 bridgehead atoms. The Kier molecular flexibility index (Phi) is 4.13. The summed E-state index contributed by atoms with van der Waals surface area (Å²) >= 11 is 0. The highest BCUT2D eigenvalue weighted by Crippen LogP contribution is 1.87. The lowest BCUT2D eigenvalue weighted by molar-refractivity contribution is -0.153. The van der Waals surface area contributed by atoms with Gasteiger partial charge in [0.05, 0.1) is 6.07 Å². The van der Waals surface area contributed by atoms with E-state index in [1.165, 1.54) is 7.11 Å². The Hall–Kier alpha value is -0.660. The Balaban J connectivity index is 3.26. The van der Waals surface area contributed by atoms with E-state index < -0.39 is 6.10 Å². The summed E-state index contributed by atoms with van der Waals surface area (Å²) in [4.78, 5) is 3.14. The first-order valence-electron chi connectivity index (χ1n) is 2.01. The Bertz CT molecular complexity index is 90.5. The van der Waals surface area contributed by atoms with Crippen molar-refractivity contribution in [3.05, 3.63) is 0 Å². The molecule has 0 aliphatic rings. The van der Waals surface area contributed by atoms with E-state index >= 15 is 0 Å². The lowest BCUT2D eigenvalue weighted by Crippen LogP contribution is -2.12. The molecule has 3 nitrogen and oxygen atoms in total. The van der Waals surface area contributed by atoms with Gasteiger partial charge in [0.2, 0.25) is 0 Å². The highest BCUT2D eigenvalue weighted by atomic mass is 19.3. The summed E-state index contributed by atoms with van der Waals surface area (Å²) in [7, 11) is 1.31. The van der Waals surface area contributed by atoms with E-state index in [2.05, 4.69) is 9.68 Å². The standard InChI is InChI=1S/C4H6FNO2/c1-7-4(2-6)3-8-5/h4H,3H2,1H3. The lowest BCUT2D eigenvalue weighted by atomic mass is 10.4. The van der Waals surface area contributed by atoms with Crippen molar-refractivity contribution in [3.8, 4) is 6.07 Å². The van der Waals surface area contributed by atoms with Gasteiger partial charge in [-0.25, -0.2) is 0 Å². The van der Waals surface area contributed by atoms with Gasteiger partial charge in [0.25, 0.3) is 0 Å². The maximum atomic E-state index is 10.9. The fourth-order valence-corrected chi connectivity index (χ4v) is 0.215. The average molecular weight is 119 g/mol. The van der Waals surface area contributed by atoms with E-state index in [9.17, 15) is 4.53 Å². The normalized spacial score (nSPS) is 12.6. The molecule has 0 saturated carbocycles. The fourth-order valence-electron chi connectivity index (χ4n) is 0.215. The number of methoxy groups -OCH3 is 1. The molecule has 0 heterocycles. The molecule has 0 aliphatic carbocycles. The highest BCUT2D eigenvalue weighted by molar-refractivity contribution is 4.82.